The Hall–Kier alpha value is -2.11. The van der Waals surface area contributed by atoms with Gasteiger partial charge in [-0.15, -0.1) is 0 Å². The number of rotatable bonds is 6. The predicted octanol–water partition coefficient (Wildman–Crippen LogP) is 1.62. The van der Waals surface area contributed by atoms with Gasteiger partial charge < -0.3 is 20.1 Å². The molecule has 0 saturated heterocycles. The van der Waals surface area contributed by atoms with Crippen LogP contribution in [0.15, 0.2) is 42.5 Å². The molecule has 1 unspecified atom stereocenters. The van der Waals surface area contributed by atoms with Crippen LogP contribution in [0.5, 0.6) is 0 Å². The molecule has 0 aliphatic carbocycles. The number of carbonyl (C=O) groups is 1. The Morgan fingerprint density at radius 3 is 2.75 bits per heavy atom. The van der Waals surface area contributed by atoms with E-state index in [1.807, 2.05) is 36.4 Å². The molecule has 1 aromatic heterocycles. The minimum atomic E-state index is -0.550. The van der Waals surface area contributed by atoms with Crippen molar-refractivity contribution in [3.8, 4) is 0 Å². The van der Waals surface area contributed by atoms with E-state index in [2.05, 4.69) is 15.0 Å². The summed E-state index contributed by atoms with van der Waals surface area (Å²) < 4.78 is 4.62. The summed E-state index contributed by atoms with van der Waals surface area (Å²) in [7, 11) is 1.34. The fraction of sp³-hybridized carbons (Fsp3) is 0.267. The molecule has 0 fully saturated rings. The molecule has 5 heteroatoms. The highest BCUT2D eigenvalue weighted by molar-refractivity contribution is 5.87. The van der Waals surface area contributed by atoms with Crippen molar-refractivity contribution < 1.29 is 14.6 Å². The van der Waals surface area contributed by atoms with Crippen LogP contribution in [-0.4, -0.2) is 29.7 Å². The van der Waals surface area contributed by atoms with E-state index in [1.54, 1.807) is 6.07 Å². The van der Waals surface area contributed by atoms with Crippen molar-refractivity contribution in [1.29, 1.82) is 0 Å². The van der Waals surface area contributed by atoms with Crippen molar-refractivity contribution in [2.75, 3.05) is 13.7 Å². The van der Waals surface area contributed by atoms with E-state index in [0.717, 1.165) is 11.3 Å². The highest BCUT2D eigenvalue weighted by Gasteiger charge is 2.09. The number of ether oxygens (including phenoxy) is 1. The molecule has 2 rings (SSSR count). The van der Waals surface area contributed by atoms with Crippen LogP contribution in [0.25, 0.3) is 0 Å². The first-order valence-corrected chi connectivity index (χ1v) is 6.40. The van der Waals surface area contributed by atoms with Gasteiger partial charge in [0.1, 0.15) is 5.69 Å². The largest absolute Gasteiger partial charge is 0.464 e. The molecule has 3 N–H and O–H groups in total. The number of methoxy groups -OCH3 is 1. The Balaban J connectivity index is 1.81. The molecule has 1 heterocycles. The molecule has 0 aliphatic heterocycles. The van der Waals surface area contributed by atoms with Gasteiger partial charge in [-0.2, -0.15) is 0 Å². The van der Waals surface area contributed by atoms with Crippen molar-refractivity contribution in [2.45, 2.75) is 12.6 Å². The molecule has 0 spiro atoms. The van der Waals surface area contributed by atoms with Crippen LogP contribution in [0.3, 0.4) is 0 Å². The van der Waals surface area contributed by atoms with E-state index < -0.39 is 6.10 Å². The number of H-pyrrole nitrogens is 1. The van der Waals surface area contributed by atoms with E-state index in [4.69, 9.17) is 0 Å². The monoisotopic (exact) mass is 274 g/mol. The Labute approximate surface area is 117 Å². The van der Waals surface area contributed by atoms with Crippen molar-refractivity contribution >= 4 is 5.97 Å². The fourth-order valence-corrected chi connectivity index (χ4v) is 1.91. The number of hydrogen-bond acceptors (Lipinski definition) is 4. The van der Waals surface area contributed by atoms with Crippen molar-refractivity contribution in [3.05, 3.63) is 59.4 Å². The zero-order valence-electron chi connectivity index (χ0n) is 11.3. The third kappa shape index (κ3) is 3.69. The second kappa shape index (κ2) is 6.88. The maximum absolute atomic E-state index is 11.3. The Morgan fingerprint density at radius 2 is 2.05 bits per heavy atom. The van der Waals surface area contributed by atoms with Crippen LogP contribution < -0.4 is 5.32 Å². The maximum Gasteiger partial charge on any atom is 0.354 e. The summed E-state index contributed by atoms with van der Waals surface area (Å²) in [5, 5.41) is 13.1. The smallest absolute Gasteiger partial charge is 0.354 e. The van der Waals surface area contributed by atoms with E-state index in [9.17, 15) is 9.90 Å². The first kappa shape index (κ1) is 14.3. The summed E-state index contributed by atoms with van der Waals surface area (Å²) in [4.78, 5) is 14.2. The summed E-state index contributed by atoms with van der Waals surface area (Å²) in [6.07, 6.45) is -0.550. The zero-order chi connectivity index (χ0) is 14.4. The number of aliphatic hydroxyl groups is 1. The summed E-state index contributed by atoms with van der Waals surface area (Å²) in [5.41, 5.74) is 2.17. The second-order valence-electron chi connectivity index (χ2n) is 4.45. The van der Waals surface area contributed by atoms with Crippen molar-refractivity contribution in [1.82, 2.24) is 10.3 Å². The van der Waals surface area contributed by atoms with Gasteiger partial charge in [-0.25, -0.2) is 4.79 Å². The number of nitrogens with one attached hydrogen (secondary N) is 2. The molecule has 2 aromatic rings. The molecule has 0 aliphatic rings. The molecule has 20 heavy (non-hydrogen) atoms. The first-order valence-electron chi connectivity index (χ1n) is 6.40. The van der Waals surface area contributed by atoms with Gasteiger partial charge in [0, 0.05) is 18.8 Å². The van der Waals surface area contributed by atoms with E-state index in [0.29, 0.717) is 18.8 Å². The van der Waals surface area contributed by atoms with Gasteiger partial charge in [0.2, 0.25) is 0 Å². The Morgan fingerprint density at radius 1 is 1.30 bits per heavy atom. The number of carbonyl (C=O) groups excluding carboxylic acids is 1. The standard InChI is InChI=1S/C15H18N2O3/c1-20-15(19)13-8-7-12(17-13)9-16-10-14(18)11-5-3-2-4-6-11/h2-8,14,16-18H,9-10H2,1H3. The molecule has 0 radical (unpaired) electrons. The van der Waals surface area contributed by atoms with Crippen LogP contribution in [-0.2, 0) is 11.3 Å². The van der Waals surface area contributed by atoms with Crippen molar-refractivity contribution in [3.63, 3.8) is 0 Å². The number of esters is 1. The molecule has 106 valence electrons. The molecule has 5 nitrogen and oxygen atoms in total. The van der Waals surface area contributed by atoms with E-state index in [1.165, 1.54) is 7.11 Å². The molecular formula is C15H18N2O3. The third-order valence-electron chi connectivity index (χ3n) is 2.99. The normalized spacial score (nSPS) is 12.1. The fourth-order valence-electron chi connectivity index (χ4n) is 1.91. The Kier molecular flexibility index (Phi) is 4.92. The predicted molar refractivity (Wildman–Crippen MR) is 75.2 cm³/mol. The summed E-state index contributed by atoms with van der Waals surface area (Å²) in [5.74, 6) is -0.388. The number of aliphatic hydroxyl groups excluding tert-OH is 1. The molecular weight excluding hydrogens is 256 g/mol. The SMILES string of the molecule is COC(=O)c1ccc(CNCC(O)c2ccccc2)[nH]1. The minimum Gasteiger partial charge on any atom is -0.464 e. The van der Waals surface area contributed by atoms with Crippen LogP contribution in [0.2, 0.25) is 0 Å². The highest BCUT2D eigenvalue weighted by atomic mass is 16.5. The highest BCUT2D eigenvalue weighted by Crippen LogP contribution is 2.11. The topological polar surface area (TPSA) is 74.3 Å². The van der Waals surface area contributed by atoms with Gasteiger partial charge in [-0.1, -0.05) is 30.3 Å². The van der Waals surface area contributed by atoms with Gasteiger partial charge in [-0.05, 0) is 17.7 Å². The first-order chi connectivity index (χ1) is 9.70. The van der Waals surface area contributed by atoms with Crippen molar-refractivity contribution in [2.24, 2.45) is 0 Å². The van der Waals surface area contributed by atoms with Crippen LogP contribution >= 0.6 is 0 Å². The van der Waals surface area contributed by atoms with Gasteiger partial charge in [0.25, 0.3) is 0 Å². The molecule has 0 amide bonds. The third-order valence-corrected chi connectivity index (χ3v) is 2.99. The summed E-state index contributed by atoms with van der Waals surface area (Å²) >= 11 is 0. The van der Waals surface area contributed by atoms with Crippen LogP contribution in [0.1, 0.15) is 27.8 Å². The average Bonchev–Trinajstić information content (AvgIpc) is 2.96. The number of aromatic amines is 1. The molecule has 0 saturated carbocycles. The molecule has 0 bridgehead atoms. The maximum atomic E-state index is 11.3. The lowest BCUT2D eigenvalue weighted by Crippen LogP contribution is -2.21. The molecule has 1 atom stereocenters. The lowest BCUT2D eigenvalue weighted by atomic mass is 10.1. The number of benzene rings is 1. The Bertz CT molecular complexity index is 551. The zero-order valence-corrected chi connectivity index (χ0v) is 11.3. The quantitative estimate of drug-likeness (QED) is 0.700. The summed E-state index contributed by atoms with van der Waals surface area (Å²) in [6.45, 7) is 0.984. The van der Waals surface area contributed by atoms with Crippen LogP contribution in [0, 0.1) is 0 Å². The summed E-state index contributed by atoms with van der Waals surface area (Å²) in [6, 6.07) is 13.0. The van der Waals surface area contributed by atoms with Gasteiger partial charge >= 0.3 is 5.97 Å². The van der Waals surface area contributed by atoms with E-state index >= 15 is 0 Å². The second-order valence-corrected chi connectivity index (χ2v) is 4.45. The lowest BCUT2D eigenvalue weighted by Gasteiger charge is -2.11. The number of hydrogen-bond donors (Lipinski definition) is 3. The van der Waals surface area contributed by atoms with Gasteiger partial charge in [0.15, 0.2) is 0 Å². The minimum absolute atomic E-state index is 0.388. The van der Waals surface area contributed by atoms with Gasteiger partial charge in [-0.3, -0.25) is 0 Å². The average molecular weight is 274 g/mol. The van der Waals surface area contributed by atoms with Gasteiger partial charge in [0.05, 0.1) is 13.2 Å². The van der Waals surface area contributed by atoms with Crippen LogP contribution in [0.4, 0.5) is 0 Å². The van der Waals surface area contributed by atoms with E-state index in [-0.39, 0.29) is 5.97 Å². The lowest BCUT2D eigenvalue weighted by molar-refractivity contribution is 0.0594. The number of aromatic nitrogens is 1. The molecule has 1 aromatic carbocycles.